The fourth-order valence-electron chi connectivity index (χ4n) is 0.813. The first kappa shape index (κ1) is 5.86. The van der Waals surface area contributed by atoms with Gasteiger partial charge in [-0.1, -0.05) is 12.1 Å². The highest BCUT2D eigenvalue weighted by molar-refractivity contribution is 6.25. The number of rotatable bonds is 0. The van der Waals surface area contributed by atoms with Crippen molar-refractivity contribution in [3.8, 4) is 11.5 Å². The number of hydrogen-bond acceptors (Lipinski definition) is 2. The van der Waals surface area contributed by atoms with Crippen LogP contribution in [0.25, 0.3) is 0 Å². The van der Waals surface area contributed by atoms with E-state index in [0.717, 1.165) is 0 Å². The molecule has 1 radical (unpaired) electrons. The Kier molecular flexibility index (Phi) is 1.21. The second kappa shape index (κ2) is 2.06. The highest BCUT2D eigenvalue weighted by Crippen LogP contribution is 2.37. The van der Waals surface area contributed by atoms with Crippen molar-refractivity contribution in [2.24, 2.45) is 0 Å². The van der Waals surface area contributed by atoms with Gasteiger partial charge in [-0.2, -0.15) is 0 Å². The highest BCUT2D eigenvalue weighted by atomic mass is 35.5. The van der Waals surface area contributed by atoms with Crippen LogP contribution in [-0.4, -0.2) is 0 Å². The topological polar surface area (TPSA) is 18.5 Å². The lowest BCUT2D eigenvalue weighted by Crippen LogP contribution is -1.96. The van der Waals surface area contributed by atoms with E-state index in [0.29, 0.717) is 11.5 Å². The standard InChI is InChI=1S/C7H4ClO2/c8-7-9-5-3-1-2-4-6(5)10-7/h1-4H. The predicted octanol–water partition coefficient (Wildman–Crippen LogP) is 2.14. The molecule has 0 saturated heterocycles. The molecule has 1 heterocycles. The third-order valence-electron chi connectivity index (χ3n) is 1.23. The fraction of sp³-hybridized carbons (Fsp3) is 0. The smallest absolute Gasteiger partial charge is 0.429 e. The van der Waals surface area contributed by atoms with Gasteiger partial charge in [-0.05, 0) is 23.7 Å². The summed E-state index contributed by atoms with van der Waals surface area (Å²) in [6.07, 6.45) is 0. The lowest BCUT2D eigenvalue weighted by Gasteiger charge is -1.92. The van der Waals surface area contributed by atoms with E-state index in [4.69, 9.17) is 21.1 Å². The Morgan fingerprint density at radius 3 is 2.00 bits per heavy atom. The predicted molar refractivity (Wildman–Crippen MR) is 36.8 cm³/mol. The average molecular weight is 156 g/mol. The molecule has 0 amide bonds. The van der Waals surface area contributed by atoms with E-state index in [-0.39, 0.29) is 5.75 Å². The van der Waals surface area contributed by atoms with Crippen molar-refractivity contribution >= 4 is 11.6 Å². The van der Waals surface area contributed by atoms with Crippen LogP contribution in [0.4, 0.5) is 0 Å². The summed E-state index contributed by atoms with van der Waals surface area (Å²) in [5.74, 6) is 1.42. The van der Waals surface area contributed by atoms with Crippen LogP contribution < -0.4 is 9.47 Å². The number of benzene rings is 1. The van der Waals surface area contributed by atoms with Gasteiger partial charge in [0, 0.05) is 0 Å². The highest BCUT2D eigenvalue weighted by Gasteiger charge is 2.23. The molecule has 2 rings (SSSR count). The quantitative estimate of drug-likeness (QED) is 0.572. The molecule has 0 aromatic heterocycles. The number of ether oxygens (including phenoxy) is 2. The molecular weight excluding hydrogens is 152 g/mol. The summed E-state index contributed by atoms with van der Waals surface area (Å²) in [5, 5.41) is 0. The van der Waals surface area contributed by atoms with Gasteiger partial charge in [0.1, 0.15) is 0 Å². The zero-order chi connectivity index (χ0) is 6.97. The van der Waals surface area contributed by atoms with Gasteiger partial charge in [-0.15, -0.1) is 0 Å². The van der Waals surface area contributed by atoms with Crippen LogP contribution >= 0.6 is 11.6 Å². The van der Waals surface area contributed by atoms with Crippen molar-refractivity contribution in [2.45, 2.75) is 0 Å². The lowest BCUT2D eigenvalue weighted by molar-refractivity contribution is 0.238. The molecule has 2 nitrogen and oxygen atoms in total. The maximum atomic E-state index is 5.45. The maximum Gasteiger partial charge on any atom is 0.431 e. The largest absolute Gasteiger partial charge is 0.431 e. The van der Waals surface area contributed by atoms with Gasteiger partial charge in [0.15, 0.2) is 11.5 Å². The molecule has 0 fully saturated rings. The van der Waals surface area contributed by atoms with Crippen LogP contribution in [0.2, 0.25) is 0 Å². The van der Waals surface area contributed by atoms with Gasteiger partial charge in [0.05, 0.1) is 0 Å². The molecule has 1 aromatic rings. The van der Waals surface area contributed by atoms with Crippen molar-refractivity contribution < 1.29 is 9.47 Å². The van der Waals surface area contributed by atoms with E-state index in [2.05, 4.69) is 0 Å². The summed E-state index contributed by atoms with van der Waals surface area (Å²) in [5.41, 5.74) is 0. The maximum absolute atomic E-state index is 5.45. The number of halogens is 1. The van der Waals surface area contributed by atoms with Crippen LogP contribution in [0.15, 0.2) is 24.3 Å². The van der Waals surface area contributed by atoms with E-state index in [1.165, 1.54) is 0 Å². The van der Waals surface area contributed by atoms with Crippen LogP contribution in [0, 0.1) is 5.75 Å². The van der Waals surface area contributed by atoms with Crippen molar-refractivity contribution in [1.82, 2.24) is 0 Å². The summed E-state index contributed by atoms with van der Waals surface area (Å²) in [4.78, 5) is 0. The van der Waals surface area contributed by atoms with Crippen LogP contribution in [0.3, 0.4) is 0 Å². The van der Waals surface area contributed by atoms with Gasteiger partial charge in [0.2, 0.25) is 0 Å². The molecule has 0 atom stereocenters. The Balaban J connectivity index is 2.42. The SMILES string of the molecule is Cl[C]1Oc2ccccc2O1. The van der Waals surface area contributed by atoms with Gasteiger partial charge in [0.25, 0.3) is 0 Å². The third kappa shape index (κ3) is 0.809. The van der Waals surface area contributed by atoms with Crippen LogP contribution in [-0.2, 0) is 0 Å². The first-order valence-electron chi connectivity index (χ1n) is 2.83. The van der Waals surface area contributed by atoms with Crippen LogP contribution in [0.5, 0.6) is 11.5 Å². The average Bonchev–Trinajstić information content (AvgIpc) is 2.27. The normalized spacial score (nSPS) is 15.7. The van der Waals surface area contributed by atoms with E-state index >= 15 is 0 Å². The van der Waals surface area contributed by atoms with Crippen LogP contribution in [0.1, 0.15) is 0 Å². The third-order valence-corrected chi connectivity index (χ3v) is 1.38. The summed E-state index contributed by atoms with van der Waals surface area (Å²) in [6.45, 7) is 0. The molecule has 1 aliphatic heterocycles. The van der Waals surface area contributed by atoms with E-state index in [1.807, 2.05) is 12.1 Å². The monoisotopic (exact) mass is 155 g/mol. The molecule has 3 heteroatoms. The van der Waals surface area contributed by atoms with Crippen molar-refractivity contribution in [3.63, 3.8) is 0 Å². The minimum Gasteiger partial charge on any atom is -0.429 e. The van der Waals surface area contributed by atoms with Gasteiger partial charge >= 0.3 is 5.75 Å². The Morgan fingerprint density at radius 2 is 1.50 bits per heavy atom. The second-order valence-corrected chi connectivity index (χ2v) is 2.20. The number of para-hydroxylation sites is 2. The van der Waals surface area contributed by atoms with E-state index < -0.39 is 0 Å². The molecule has 10 heavy (non-hydrogen) atoms. The van der Waals surface area contributed by atoms with Crippen molar-refractivity contribution in [3.05, 3.63) is 30.0 Å². The molecular formula is C7H4ClO2. The Labute approximate surface area is 63.3 Å². The molecule has 0 bridgehead atoms. The summed E-state index contributed by atoms with van der Waals surface area (Å²) in [7, 11) is 0. The Morgan fingerprint density at radius 1 is 1.00 bits per heavy atom. The number of fused-ring (bicyclic) bond motifs is 1. The molecule has 0 N–H and O–H groups in total. The molecule has 0 aliphatic carbocycles. The molecule has 0 unspecified atom stereocenters. The van der Waals surface area contributed by atoms with E-state index in [9.17, 15) is 0 Å². The molecule has 0 saturated carbocycles. The van der Waals surface area contributed by atoms with E-state index in [1.54, 1.807) is 12.1 Å². The minimum absolute atomic E-state index is 0.0706. The van der Waals surface area contributed by atoms with Gasteiger partial charge in [-0.25, -0.2) is 0 Å². The summed E-state index contributed by atoms with van der Waals surface area (Å²) < 4.78 is 9.93. The fourth-order valence-corrected chi connectivity index (χ4v) is 0.979. The first-order valence-corrected chi connectivity index (χ1v) is 3.21. The lowest BCUT2D eigenvalue weighted by atomic mass is 10.3. The number of hydrogen-bond donors (Lipinski definition) is 0. The van der Waals surface area contributed by atoms with Gasteiger partial charge in [-0.3, -0.25) is 0 Å². The second-order valence-electron chi connectivity index (χ2n) is 1.89. The summed E-state index contributed by atoms with van der Waals surface area (Å²) >= 11 is 5.45. The molecule has 0 spiro atoms. The molecule has 1 aliphatic rings. The van der Waals surface area contributed by atoms with Crippen molar-refractivity contribution in [2.75, 3.05) is 0 Å². The van der Waals surface area contributed by atoms with Gasteiger partial charge < -0.3 is 9.47 Å². The first-order chi connectivity index (χ1) is 4.86. The zero-order valence-corrected chi connectivity index (χ0v) is 5.76. The molecule has 51 valence electrons. The summed E-state index contributed by atoms with van der Waals surface area (Å²) in [6, 6.07) is 7.31. The van der Waals surface area contributed by atoms with Crippen molar-refractivity contribution in [1.29, 1.82) is 0 Å². The minimum atomic E-state index is 0.0706. The zero-order valence-electron chi connectivity index (χ0n) is 5.00. The molecule has 1 aromatic carbocycles. The Bertz CT molecular complexity index is 224. The Hall–Kier alpha value is -0.890.